The molecule has 4 nitrogen and oxygen atoms in total. The molecule has 0 atom stereocenters. The Kier molecular flexibility index (Phi) is 1.96. The number of hydrogen-bond acceptors (Lipinski definition) is 4. The van der Waals surface area contributed by atoms with Crippen LogP contribution in [0.2, 0.25) is 0 Å². The van der Waals surface area contributed by atoms with Crippen LogP contribution < -0.4 is 4.90 Å². The third-order valence-electron chi connectivity index (χ3n) is 4.58. The van der Waals surface area contributed by atoms with Crippen LogP contribution in [0.1, 0.15) is 13.5 Å². The van der Waals surface area contributed by atoms with E-state index in [1.165, 1.54) is 12.1 Å². The Bertz CT molecular complexity index is 694. The Labute approximate surface area is 114 Å². The maximum Gasteiger partial charge on any atom is 0.0867 e. The van der Waals surface area contributed by atoms with Gasteiger partial charge in [-0.2, -0.15) is 10.2 Å². The fourth-order valence-electron chi connectivity index (χ4n) is 3.55. The normalized spacial score (nSPS) is 22.2. The molecule has 0 bridgehead atoms. The highest BCUT2D eigenvalue weighted by Gasteiger charge is 2.52. The second-order valence-electron chi connectivity index (χ2n) is 5.93. The number of likely N-dealkylation sites (tertiary alicyclic amines) is 1. The molecule has 2 saturated heterocycles. The van der Waals surface area contributed by atoms with Crippen LogP contribution in [0.15, 0.2) is 24.4 Å². The average Bonchev–Trinajstić information content (AvgIpc) is 2.38. The van der Waals surface area contributed by atoms with Crippen molar-refractivity contribution in [2.24, 2.45) is 0 Å². The number of aryl methyl sites for hydroxylation is 1. The zero-order chi connectivity index (χ0) is 13.9. The molecule has 1 aromatic heterocycles. The van der Waals surface area contributed by atoms with Crippen molar-refractivity contribution in [1.29, 1.82) is 0 Å². The number of aromatic nitrogens is 2. The molecule has 1 spiro atoms. The zero-order valence-electron chi connectivity index (χ0n) is 12.3. The molecule has 0 saturated carbocycles. The lowest BCUT2D eigenvalue weighted by atomic mass is 9.77. The first-order valence-corrected chi connectivity index (χ1v) is 6.79. The topological polar surface area (TPSA) is 32.3 Å². The van der Waals surface area contributed by atoms with E-state index < -0.39 is 0 Å². The minimum Gasteiger partial charge on any atom is -0.363 e. The fraction of sp³-hybridized carbons (Fsp3) is 0.467. The summed E-state index contributed by atoms with van der Waals surface area (Å²) in [5.74, 6) is 0. The van der Waals surface area contributed by atoms with Crippen LogP contribution in [0.3, 0.4) is 0 Å². The molecule has 0 radical (unpaired) electrons. The number of likely N-dealkylation sites (N-methyl/N-ethyl adjacent to an activating group) is 1. The van der Waals surface area contributed by atoms with Gasteiger partial charge in [0.05, 0.1) is 18.8 Å². The van der Waals surface area contributed by atoms with E-state index in [1.807, 2.05) is 6.92 Å². The van der Waals surface area contributed by atoms with Crippen LogP contribution in [0.5, 0.6) is 0 Å². The van der Waals surface area contributed by atoms with Gasteiger partial charge in [0.25, 0.3) is 0 Å². The van der Waals surface area contributed by atoms with E-state index in [0.717, 1.165) is 36.1 Å². The predicted octanol–water partition coefficient (Wildman–Crippen LogP) is 1.83. The summed E-state index contributed by atoms with van der Waals surface area (Å²) in [7, 11) is 2.17. The lowest BCUT2D eigenvalue weighted by Gasteiger charge is -2.63. The number of rotatable bonds is 1. The van der Waals surface area contributed by atoms with E-state index in [-0.39, 0.29) is 6.17 Å². The van der Waals surface area contributed by atoms with E-state index in [2.05, 4.69) is 45.2 Å². The zero-order valence-corrected chi connectivity index (χ0v) is 11.3. The number of fused-ring (bicyclic) bond motifs is 1. The van der Waals surface area contributed by atoms with E-state index in [9.17, 15) is 0 Å². The number of anilines is 1. The first-order chi connectivity index (χ1) is 9.59. The predicted molar refractivity (Wildman–Crippen MR) is 76.5 cm³/mol. The smallest absolute Gasteiger partial charge is 0.0867 e. The van der Waals surface area contributed by atoms with Gasteiger partial charge in [-0.25, -0.2) is 0 Å². The van der Waals surface area contributed by atoms with Crippen molar-refractivity contribution in [2.75, 3.05) is 31.6 Å². The first-order valence-electron chi connectivity index (χ1n) is 7.29. The summed E-state index contributed by atoms with van der Waals surface area (Å²) in [6.07, 6.45) is 1.55. The van der Waals surface area contributed by atoms with Crippen molar-refractivity contribution in [3.63, 3.8) is 0 Å². The maximum absolute atomic E-state index is 7.96. The van der Waals surface area contributed by atoms with Gasteiger partial charge < -0.3 is 9.80 Å². The van der Waals surface area contributed by atoms with Crippen molar-refractivity contribution in [2.45, 2.75) is 18.9 Å². The lowest BCUT2D eigenvalue weighted by Crippen LogP contribution is -2.76. The van der Waals surface area contributed by atoms with Crippen molar-refractivity contribution < 1.29 is 1.37 Å². The van der Waals surface area contributed by atoms with Crippen LogP contribution in [-0.4, -0.2) is 47.3 Å². The summed E-state index contributed by atoms with van der Waals surface area (Å²) < 4.78 is 7.96. The third-order valence-corrected chi connectivity index (χ3v) is 4.58. The second kappa shape index (κ2) is 3.67. The highest BCUT2D eigenvalue weighted by molar-refractivity contribution is 5.87. The number of hydrogen-bond donors (Lipinski definition) is 0. The van der Waals surface area contributed by atoms with Crippen molar-refractivity contribution in [3.8, 4) is 0 Å². The average molecular weight is 255 g/mol. The van der Waals surface area contributed by atoms with E-state index in [4.69, 9.17) is 1.37 Å². The first kappa shape index (κ1) is 10.1. The van der Waals surface area contributed by atoms with Gasteiger partial charge in [-0.1, -0.05) is 6.07 Å². The Balaban J connectivity index is 1.77. The molecule has 4 rings (SSSR count). The molecule has 0 aliphatic carbocycles. The van der Waals surface area contributed by atoms with Crippen LogP contribution in [-0.2, 0) is 0 Å². The highest BCUT2D eigenvalue weighted by atomic mass is 15.4. The summed E-state index contributed by atoms with van der Waals surface area (Å²) in [6, 6.07) is 6.36. The van der Waals surface area contributed by atoms with E-state index in [1.54, 1.807) is 0 Å². The molecule has 19 heavy (non-hydrogen) atoms. The molecule has 0 N–H and O–H groups in total. The molecule has 2 aromatic rings. The van der Waals surface area contributed by atoms with E-state index >= 15 is 0 Å². The monoisotopic (exact) mass is 255 g/mol. The maximum atomic E-state index is 7.96. The molecule has 3 heterocycles. The van der Waals surface area contributed by atoms with Gasteiger partial charge in [-0.05, 0) is 32.5 Å². The lowest BCUT2D eigenvalue weighted by molar-refractivity contribution is 0.0469. The van der Waals surface area contributed by atoms with Crippen LogP contribution in [0, 0.1) is 6.92 Å². The number of benzene rings is 1. The molecule has 2 fully saturated rings. The summed E-state index contributed by atoms with van der Waals surface area (Å²) in [5, 5.41) is 9.89. The molecule has 2 aliphatic rings. The van der Waals surface area contributed by atoms with Gasteiger partial charge in [0.2, 0.25) is 0 Å². The van der Waals surface area contributed by atoms with Crippen molar-refractivity contribution in [1.82, 2.24) is 15.1 Å². The molecule has 0 unspecified atom stereocenters. The Hall–Kier alpha value is -1.68. The second-order valence-corrected chi connectivity index (χ2v) is 5.93. The van der Waals surface area contributed by atoms with Gasteiger partial charge >= 0.3 is 0 Å². The SMILES string of the molecule is [2H]c1nnc(C)c2ccc(N3CCC34CN(C)C4)cc12. The molecular formula is C15H18N4. The summed E-state index contributed by atoms with van der Waals surface area (Å²) in [6.45, 7) is 5.35. The fourth-order valence-corrected chi connectivity index (χ4v) is 3.55. The molecule has 1 aromatic carbocycles. The molecule has 4 heteroatoms. The van der Waals surface area contributed by atoms with Crippen molar-refractivity contribution in [3.05, 3.63) is 30.1 Å². The molecule has 98 valence electrons. The Morgan fingerprint density at radius 2 is 2.21 bits per heavy atom. The minimum atomic E-state index is 0.271. The van der Waals surface area contributed by atoms with Gasteiger partial charge in [-0.15, -0.1) is 0 Å². The molecule has 2 aliphatic heterocycles. The molecular weight excluding hydrogens is 236 g/mol. The third kappa shape index (κ3) is 1.49. The summed E-state index contributed by atoms with van der Waals surface area (Å²) >= 11 is 0. The van der Waals surface area contributed by atoms with Crippen LogP contribution >= 0.6 is 0 Å². The van der Waals surface area contributed by atoms with Crippen LogP contribution in [0.4, 0.5) is 5.69 Å². The van der Waals surface area contributed by atoms with Crippen LogP contribution in [0.25, 0.3) is 10.8 Å². The summed E-state index contributed by atoms with van der Waals surface area (Å²) in [4.78, 5) is 4.85. The van der Waals surface area contributed by atoms with Gasteiger partial charge in [0.1, 0.15) is 0 Å². The number of nitrogens with zero attached hydrogens (tertiary/aromatic N) is 4. The minimum absolute atomic E-state index is 0.271. The van der Waals surface area contributed by atoms with Gasteiger partial charge in [0, 0.05) is 36.1 Å². The Morgan fingerprint density at radius 1 is 1.37 bits per heavy atom. The molecule has 0 amide bonds. The van der Waals surface area contributed by atoms with Crippen molar-refractivity contribution >= 4 is 16.5 Å². The van der Waals surface area contributed by atoms with Gasteiger partial charge in [0.15, 0.2) is 0 Å². The standard InChI is InChI=1S/C15H18N4/c1-11-14-4-3-13(7-12(14)8-16-17-11)19-6-5-15(19)9-18(2)10-15/h3-4,7-8H,5-6,9-10H2,1-2H3/i8D. The Morgan fingerprint density at radius 3 is 2.89 bits per heavy atom. The van der Waals surface area contributed by atoms with Gasteiger partial charge in [-0.3, -0.25) is 0 Å². The van der Waals surface area contributed by atoms with E-state index in [0.29, 0.717) is 5.54 Å². The quantitative estimate of drug-likeness (QED) is 0.778. The largest absolute Gasteiger partial charge is 0.363 e. The highest BCUT2D eigenvalue weighted by Crippen LogP contribution is 2.42. The summed E-state index contributed by atoms with van der Waals surface area (Å²) in [5.41, 5.74) is 2.46.